The zero-order valence-electron chi connectivity index (χ0n) is 13.6. The van der Waals surface area contributed by atoms with Crippen LogP contribution >= 0.6 is 0 Å². The summed E-state index contributed by atoms with van der Waals surface area (Å²) in [6.45, 7) is -0.200. The van der Waals surface area contributed by atoms with Crippen molar-refractivity contribution in [2.24, 2.45) is 0 Å². The molecule has 2 aromatic carbocycles. The van der Waals surface area contributed by atoms with Gasteiger partial charge in [-0.3, -0.25) is 24.6 Å². The van der Waals surface area contributed by atoms with Gasteiger partial charge >= 0.3 is 0 Å². The highest BCUT2D eigenvalue weighted by molar-refractivity contribution is 6.23. The molecule has 27 heavy (non-hydrogen) atoms. The van der Waals surface area contributed by atoms with Crippen LogP contribution in [0.3, 0.4) is 0 Å². The van der Waals surface area contributed by atoms with Crippen molar-refractivity contribution in [1.29, 1.82) is 0 Å². The highest BCUT2D eigenvalue weighted by atomic mass is 19.1. The van der Waals surface area contributed by atoms with Gasteiger partial charge in [-0.25, -0.2) is 9.37 Å². The minimum Gasteiger partial charge on any atom is -0.444 e. The Kier molecular flexibility index (Phi) is 3.76. The van der Waals surface area contributed by atoms with E-state index in [-0.39, 0.29) is 29.3 Å². The Bertz CT molecular complexity index is 1090. The molecule has 3 aromatic rings. The quantitative estimate of drug-likeness (QED) is 0.398. The van der Waals surface area contributed by atoms with E-state index in [0.717, 1.165) is 4.90 Å². The molecule has 0 saturated heterocycles. The molecule has 9 heteroatoms. The highest BCUT2D eigenvalue weighted by Gasteiger charge is 2.41. The summed E-state index contributed by atoms with van der Waals surface area (Å²) in [7, 11) is 0. The van der Waals surface area contributed by atoms with E-state index in [2.05, 4.69) is 4.98 Å². The van der Waals surface area contributed by atoms with Gasteiger partial charge in [-0.15, -0.1) is 0 Å². The van der Waals surface area contributed by atoms with Crippen LogP contribution in [0.5, 0.6) is 0 Å². The molecule has 0 aliphatic carbocycles. The van der Waals surface area contributed by atoms with Gasteiger partial charge in [-0.05, 0) is 30.3 Å². The number of carbonyl (C=O) groups excluding carboxylic acids is 2. The van der Waals surface area contributed by atoms with Crippen molar-refractivity contribution < 1.29 is 23.3 Å². The molecular formula is C18H10FN3O5. The Balaban J connectivity index is 1.62. The van der Waals surface area contributed by atoms with E-state index in [9.17, 15) is 24.1 Å². The maximum atomic E-state index is 13.0. The number of aromatic nitrogens is 1. The van der Waals surface area contributed by atoms with Crippen LogP contribution in [-0.2, 0) is 6.54 Å². The van der Waals surface area contributed by atoms with Crippen molar-refractivity contribution in [2.45, 2.75) is 6.54 Å². The Hall–Kier alpha value is -3.88. The standard InChI is InChI=1S/C18H10FN3O5/c19-11-6-4-10(5-7-11)16-20-12(9-27-16)8-21-17(23)13-2-1-3-14(22(25)26)15(13)18(21)24/h1-7,9H,8H2. The predicted octanol–water partition coefficient (Wildman–Crippen LogP) is 3.19. The van der Waals surface area contributed by atoms with Gasteiger partial charge in [0, 0.05) is 11.6 Å². The van der Waals surface area contributed by atoms with Crippen LogP contribution in [-0.4, -0.2) is 26.6 Å². The molecule has 0 fully saturated rings. The zero-order chi connectivity index (χ0) is 19.1. The third-order valence-corrected chi connectivity index (χ3v) is 4.14. The number of hydrogen-bond acceptors (Lipinski definition) is 6. The second-order valence-corrected chi connectivity index (χ2v) is 5.80. The van der Waals surface area contributed by atoms with Crippen LogP contribution in [0.4, 0.5) is 10.1 Å². The fraction of sp³-hybridized carbons (Fsp3) is 0.0556. The smallest absolute Gasteiger partial charge is 0.282 e. The molecule has 0 unspecified atom stereocenters. The summed E-state index contributed by atoms with van der Waals surface area (Å²) >= 11 is 0. The number of hydrogen-bond donors (Lipinski definition) is 0. The van der Waals surface area contributed by atoms with Crippen LogP contribution in [0.25, 0.3) is 11.5 Å². The molecule has 2 heterocycles. The molecule has 0 radical (unpaired) electrons. The van der Waals surface area contributed by atoms with E-state index < -0.39 is 28.2 Å². The molecule has 0 atom stereocenters. The summed E-state index contributed by atoms with van der Waals surface area (Å²) < 4.78 is 18.3. The van der Waals surface area contributed by atoms with Crippen molar-refractivity contribution in [3.63, 3.8) is 0 Å². The predicted molar refractivity (Wildman–Crippen MR) is 89.2 cm³/mol. The fourth-order valence-electron chi connectivity index (χ4n) is 2.88. The third kappa shape index (κ3) is 2.74. The SMILES string of the molecule is O=C1c2cccc([N+](=O)[O-])c2C(=O)N1Cc1coc(-c2ccc(F)cc2)n1. The van der Waals surface area contributed by atoms with E-state index >= 15 is 0 Å². The van der Waals surface area contributed by atoms with Crippen LogP contribution in [0, 0.1) is 15.9 Å². The maximum absolute atomic E-state index is 13.0. The van der Waals surface area contributed by atoms with E-state index in [0.29, 0.717) is 5.56 Å². The van der Waals surface area contributed by atoms with E-state index in [4.69, 9.17) is 4.42 Å². The molecule has 0 spiro atoms. The second kappa shape index (κ2) is 6.13. The number of nitro benzene ring substituents is 1. The van der Waals surface area contributed by atoms with Crippen molar-refractivity contribution in [3.05, 3.63) is 81.5 Å². The summed E-state index contributed by atoms with van der Waals surface area (Å²) in [6.07, 6.45) is 1.27. The first-order chi connectivity index (χ1) is 13.0. The number of amides is 2. The number of carbonyl (C=O) groups is 2. The number of rotatable bonds is 4. The lowest BCUT2D eigenvalue weighted by Gasteiger charge is -2.10. The average Bonchev–Trinajstić information content (AvgIpc) is 3.22. The maximum Gasteiger partial charge on any atom is 0.282 e. The zero-order valence-corrected chi connectivity index (χ0v) is 13.6. The molecule has 4 rings (SSSR count). The fourth-order valence-corrected chi connectivity index (χ4v) is 2.88. The minimum absolute atomic E-state index is 0.0172. The molecule has 1 aliphatic rings. The molecule has 2 amide bonds. The Morgan fingerprint density at radius 3 is 2.56 bits per heavy atom. The van der Waals surface area contributed by atoms with Crippen molar-refractivity contribution in [3.8, 4) is 11.5 Å². The van der Waals surface area contributed by atoms with Crippen molar-refractivity contribution in [1.82, 2.24) is 9.88 Å². The number of oxazole rings is 1. The van der Waals surface area contributed by atoms with Gasteiger partial charge in [0.1, 0.15) is 17.6 Å². The van der Waals surface area contributed by atoms with Gasteiger partial charge in [0.25, 0.3) is 17.5 Å². The summed E-state index contributed by atoms with van der Waals surface area (Å²) in [5, 5.41) is 11.1. The molecule has 1 aromatic heterocycles. The molecule has 0 saturated carbocycles. The topological polar surface area (TPSA) is 107 Å². The molecule has 134 valence electrons. The van der Waals surface area contributed by atoms with Crippen LogP contribution in [0.2, 0.25) is 0 Å². The van der Waals surface area contributed by atoms with Gasteiger partial charge < -0.3 is 4.42 Å². The number of benzene rings is 2. The minimum atomic E-state index is -0.756. The molecule has 0 bridgehead atoms. The van der Waals surface area contributed by atoms with Gasteiger partial charge in [-0.2, -0.15) is 0 Å². The van der Waals surface area contributed by atoms with Crippen LogP contribution in [0.1, 0.15) is 26.4 Å². The van der Waals surface area contributed by atoms with E-state index in [1.54, 1.807) is 0 Å². The molecule has 8 nitrogen and oxygen atoms in total. The largest absolute Gasteiger partial charge is 0.444 e. The summed E-state index contributed by atoms with van der Waals surface area (Å²) in [5.74, 6) is -1.59. The number of nitro groups is 1. The molecule has 1 aliphatic heterocycles. The summed E-state index contributed by atoms with van der Waals surface area (Å²) in [4.78, 5) is 40.5. The normalized spacial score (nSPS) is 13.1. The van der Waals surface area contributed by atoms with E-state index in [1.165, 1.54) is 48.7 Å². The summed E-state index contributed by atoms with van der Waals surface area (Å²) in [5.41, 5.74) is 0.152. The van der Waals surface area contributed by atoms with Crippen LogP contribution in [0.15, 0.2) is 53.1 Å². The second-order valence-electron chi connectivity index (χ2n) is 5.80. The number of nitrogens with zero attached hydrogens (tertiary/aromatic N) is 3. The van der Waals surface area contributed by atoms with E-state index in [1.807, 2.05) is 0 Å². The molecular weight excluding hydrogens is 357 g/mol. The van der Waals surface area contributed by atoms with Crippen molar-refractivity contribution >= 4 is 17.5 Å². The summed E-state index contributed by atoms with van der Waals surface area (Å²) in [6, 6.07) is 9.37. The number of imide groups is 1. The van der Waals surface area contributed by atoms with Gasteiger partial charge in [0.05, 0.1) is 22.7 Å². The van der Waals surface area contributed by atoms with Gasteiger partial charge in [-0.1, -0.05) is 6.07 Å². The van der Waals surface area contributed by atoms with Crippen LogP contribution < -0.4 is 0 Å². The number of fused-ring (bicyclic) bond motifs is 1. The Morgan fingerprint density at radius 1 is 1.11 bits per heavy atom. The monoisotopic (exact) mass is 367 g/mol. The Morgan fingerprint density at radius 2 is 1.85 bits per heavy atom. The first-order valence-corrected chi connectivity index (χ1v) is 7.79. The van der Waals surface area contributed by atoms with Crippen molar-refractivity contribution in [2.75, 3.05) is 0 Å². The lowest BCUT2D eigenvalue weighted by Crippen LogP contribution is -2.29. The lowest BCUT2D eigenvalue weighted by atomic mass is 10.1. The van der Waals surface area contributed by atoms with Gasteiger partial charge in [0.15, 0.2) is 0 Å². The Labute approximate surface area is 151 Å². The average molecular weight is 367 g/mol. The number of halogens is 1. The highest BCUT2D eigenvalue weighted by Crippen LogP contribution is 2.31. The lowest BCUT2D eigenvalue weighted by molar-refractivity contribution is -0.385. The first kappa shape index (κ1) is 16.6. The molecule has 0 N–H and O–H groups in total. The third-order valence-electron chi connectivity index (χ3n) is 4.14. The first-order valence-electron chi connectivity index (χ1n) is 7.79. The van der Waals surface area contributed by atoms with Gasteiger partial charge in [0.2, 0.25) is 5.89 Å².